The molecule has 3 aromatic rings. The summed E-state index contributed by atoms with van der Waals surface area (Å²) in [5.74, 6) is -0.625. The monoisotopic (exact) mass is 443 g/mol. The second-order valence-electron chi connectivity index (χ2n) is 7.12. The maximum Gasteiger partial charge on any atom is 0.304 e. The number of rotatable bonds is 7. The molecule has 1 amide bonds. The van der Waals surface area contributed by atoms with Crippen molar-refractivity contribution in [3.8, 4) is 5.69 Å². The average Bonchev–Trinajstić information content (AvgIpc) is 2.96. The lowest BCUT2D eigenvalue weighted by Gasteiger charge is -2.26. The quantitative estimate of drug-likeness (QED) is 0.602. The van der Waals surface area contributed by atoms with E-state index in [2.05, 4.69) is 5.32 Å². The van der Waals surface area contributed by atoms with Gasteiger partial charge in [0.1, 0.15) is 12.2 Å². The van der Waals surface area contributed by atoms with Crippen LogP contribution in [0.4, 0.5) is 11.4 Å². The number of carbonyl (C=O) groups is 1. The van der Waals surface area contributed by atoms with Gasteiger partial charge in [-0.15, -0.1) is 0 Å². The van der Waals surface area contributed by atoms with Crippen molar-refractivity contribution >= 4 is 27.5 Å². The minimum Gasteiger partial charge on any atom is -0.318 e. The molecule has 0 aliphatic heterocycles. The lowest BCUT2D eigenvalue weighted by Crippen LogP contribution is -2.44. The van der Waals surface area contributed by atoms with Crippen molar-refractivity contribution < 1.29 is 13.2 Å². The summed E-state index contributed by atoms with van der Waals surface area (Å²) in [6.07, 6.45) is 0. The van der Waals surface area contributed by atoms with Crippen LogP contribution in [0, 0.1) is 6.92 Å². The first-order chi connectivity index (χ1) is 14.6. The van der Waals surface area contributed by atoms with Gasteiger partial charge in [-0.05, 0) is 31.2 Å². The van der Waals surface area contributed by atoms with Crippen LogP contribution < -0.4 is 15.2 Å². The molecule has 9 nitrogen and oxygen atoms in total. The molecule has 0 aliphatic carbocycles. The SMILES string of the molecule is Cc1c(NC(=O)CN(c2ccccc2)S(=O)(=O)N(C)C)c(=O)n(-c2ccccc2)n1C. The smallest absolute Gasteiger partial charge is 0.304 e. The Hall–Kier alpha value is -3.37. The van der Waals surface area contributed by atoms with Crippen molar-refractivity contribution in [2.75, 3.05) is 30.3 Å². The Morgan fingerprint density at radius 3 is 2.10 bits per heavy atom. The second-order valence-corrected chi connectivity index (χ2v) is 9.18. The van der Waals surface area contributed by atoms with E-state index in [-0.39, 0.29) is 5.69 Å². The molecule has 0 saturated heterocycles. The Kier molecular flexibility index (Phi) is 6.32. The molecule has 3 rings (SSSR count). The van der Waals surface area contributed by atoms with Gasteiger partial charge >= 0.3 is 10.2 Å². The minimum atomic E-state index is -3.93. The number of hydrogen-bond acceptors (Lipinski definition) is 4. The van der Waals surface area contributed by atoms with Crippen LogP contribution in [0.1, 0.15) is 5.69 Å². The molecule has 2 aromatic carbocycles. The molecule has 31 heavy (non-hydrogen) atoms. The third-order valence-electron chi connectivity index (χ3n) is 4.89. The standard InChI is InChI=1S/C21H25N5O4S/c1-16-20(21(28)26(24(16)4)18-13-9-6-10-14-18)22-19(27)15-25(31(29,30)23(2)3)17-11-7-5-8-12-17/h5-14H,15H2,1-4H3,(H,22,27). The molecule has 0 aliphatic rings. The Bertz CT molecular complexity index is 1230. The minimum absolute atomic E-state index is 0.103. The number of carbonyl (C=O) groups excluding carboxylic acids is 1. The number of nitrogens with one attached hydrogen (secondary N) is 1. The van der Waals surface area contributed by atoms with Crippen molar-refractivity contribution in [1.82, 2.24) is 13.7 Å². The van der Waals surface area contributed by atoms with Gasteiger partial charge in [0.15, 0.2) is 0 Å². The lowest BCUT2D eigenvalue weighted by atomic mass is 10.3. The summed E-state index contributed by atoms with van der Waals surface area (Å²) in [6, 6.07) is 17.4. The van der Waals surface area contributed by atoms with Crippen LogP contribution >= 0.6 is 0 Å². The first-order valence-electron chi connectivity index (χ1n) is 9.53. The zero-order valence-corrected chi connectivity index (χ0v) is 18.6. The van der Waals surface area contributed by atoms with Gasteiger partial charge in [0.05, 0.1) is 17.1 Å². The van der Waals surface area contributed by atoms with Crippen LogP contribution in [-0.4, -0.2) is 48.6 Å². The Labute approximate surface area is 181 Å². The van der Waals surface area contributed by atoms with Crippen LogP contribution in [0.2, 0.25) is 0 Å². The van der Waals surface area contributed by atoms with Gasteiger partial charge in [-0.2, -0.15) is 12.7 Å². The summed E-state index contributed by atoms with van der Waals surface area (Å²) in [4.78, 5) is 25.8. The van der Waals surface area contributed by atoms with Gasteiger partial charge < -0.3 is 5.32 Å². The van der Waals surface area contributed by atoms with E-state index in [9.17, 15) is 18.0 Å². The van der Waals surface area contributed by atoms with E-state index in [1.807, 2.05) is 18.2 Å². The van der Waals surface area contributed by atoms with E-state index in [4.69, 9.17) is 0 Å². The van der Waals surface area contributed by atoms with Crippen molar-refractivity contribution in [2.45, 2.75) is 6.92 Å². The summed E-state index contributed by atoms with van der Waals surface area (Å²) >= 11 is 0. The number of nitrogens with zero attached hydrogens (tertiary/aromatic N) is 4. The van der Waals surface area contributed by atoms with Gasteiger partial charge in [0.2, 0.25) is 5.91 Å². The summed E-state index contributed by atoms with van der Waals surface area (Å²) < 4.78 is 30.7. The first-order valence-corrected chi connectivity index (χ1v) is 10.9. The molecule has 10 heteroatoms. The topological polar surface area (TPSA) is 96.7 Å². The van der Waals surface area contributed by atoms with Gasteiger partial charge in [-0.25, -0.2) is 8.99 Å². The van der Waals surface area contributed by atoms with E-state index in [0.717, 1.165) is 8.61 Å². The molecule has 0 saturated carbocycles. The third kappa shape index (κ3) is 4.39. The Morgan fingerprint density at radius 2 is 1.55 bits per heavy atom. The van der Waals surface area contributed by atoms with Crippen molar-refractivity contribution in [1.29, 1.82) is 0 Å². The van der Waals surface area contributed by atoms with Crippen LogP contribution in [0.5, 0.6) is 0 Å². The van der Waals surface area contributed by atoms with E-state index in [1.165, 1.54) is 18.8 Å². The first kappa shape index (κ1) is 22.3. The highest BCUT2D eigenvalue weighted by Crippen LogP contribution is 2.19. The van der Waals surface area contributed by atoms with Crippen LogP contribution in [0.15, 0.2) is 65.5 Å². The zero-order chi connectivity index (χ0) is 22.8. The fraction of sp³-hybridized carbons (Fsp3) is 0.238. The molecule has 0 atom stereocenters. The van der Waals surface area contributed by atoms with E-state index < -0.39 is 28.2 Å². The number of anilines is 2. The van der Waals surface area contributed by atoms with Crippen LogP contribution in [-0.2, 0) is 22.1 Å². The largest absolute Gasteiger partial charge is 0.318 e. The van der Waals surface area contributed by atoms with Gasteiger partial charge in [0, 0.05) is 21.1 Å². The van der Waals surface area contributed by atoms with E-state index in [0.29, 0.717) is 17.1 Å². The van der Waals surface area contributed by atoms with Gasteiger partial charge in [-0.3, -0.25) is 14.3 Å². The molecule has 1 heterocycles. The van der Waals surface area contributed by atoms with Crippen molar-refractivity contribution in [3.63, 3.8) is 0 Å². The second kappa shape index (κ2) is 8.78. The number of benzene rings is 2. The Morgan fingerprint density at radius 1 is 1.00 bits per heavy atom. The number of para-hydroxylation sites is 2. The maximum absolute atomic E-state index is 13.0. The molecular formula is C21H25N5O4S. The highest BCUT2D eigenvalue weighted by molar-refractivity contribution is 7.90. The van der Waals surface area contributed by atoms with E-state index >= 15 is 0 Å². The van der Waals surface area contributed by atoms with Crippen molar-refractivity contribution in [3.05, 3.63) is 76.7 Å². The number of hydrogen-bond donors (Lipinski definition) is 1. The number of aromatic nitrogens is 2. The average molecular weight is 444 g/mol. The fourth-order valence-corrected chi connectivity index (χ4v) is 4.18. The predicted molar refractivity (Wildman–Crippen MR) is 121 cm³/mol. The molecule has 1 N–H and O–H groups in total. The predicted octanol–water partition coefficient (Wildman–Crippen LogP) is 1.74. The van der Waals surface area contributed by atoms with Gasteiger partial charge in [-0.1, -0.05) is 36.4 Å². The van der Waals surface area contributed by atoms with Gasteiger partial charge in [0.25, 0.3) is 5.56 Å². The lowest BCUT2D eigenvalue weighted by molar-refractivity contribution is -0.114. The summed E-state index contributed by atoms with van der Waals surface area (Å²) in [6.45, 7) is 1.23. The molecule has 0 spiro atoms. The van der Waals surface area contributed by atoms with E-state index in [1.54, 1.807) is 61.1 Å². The third-order valence-corrected chi connectivity index (χ3v) is 6.71. The molecule has 0 bridgehead atoms. The summed E-state index contributed by atoms with van der Waals surface area (Å²) in [5.41, 5.74) is 1.24. The molecule has 0 unspecified atom stereocenters. The molecule has 164 valence electrons. The molecule has 1 aromatic heterocycles. The van der Waals surface area contributed by atoms with Crippen molar-refractivity contribution in [2.24, 2.45) is 7.05 Å². The summed E-state index contributed by atoms with van der Waals surface area (Å²) in [5, 5.41) is 2.60. The zero-order valence-electron chi connectivity index (χ0n) is 17.8. The van der Waals surface area contributed by atoms with Crippen LogP contribution in [0.25, 0.3) is 5.69 Å². The number of amides is 1. The Balaban J connectivity index is 1.93. The molecule has 0 radical (unpaired) electrons. The van der Waals surface area contributed by atoms with Crippen LogP contribution in [0.3, 0.4) is 0 Å². The summed E-state index contributed by atoms with van der Waals surface area (Å²) in [7, 11) is 0.570. The highest BCUT2D eigenvalue weighted by atomic mass is 32.2. The highest BCUT2D eigenvalue weighted by Gasteiger charge is 2.28. The fourth-order valence-electron chi connectivity index (χ4n) is 3.12. The normalized spacial score (nSPS) is 11.5. The maximum atomic E-state index is 13.0. The molecule has 0 fully saturated rings. The molecular weight excluding hydrogens is 418 g/mol.